The van der Waals surface area contributed by atoms with E-state index in [2.05, 4.69) is 31.4 Å². The number of fused-ring (bicyclic) bond motifs is 1. The number of carbonyl (C=O) groups is 3. The number of hydrogen-bond acceptors (Lipinski definition) is 6. The third kappa shape index (κ3) is 7.86. The molecule has 1 aliphatic carbocycles. The van der Waals surface area contributed by atoms with Crippen LogP contribution in [-0.4, -0.2) is 30.1 Å². The predicted molar refractivity (Wildman–Crippen MR) is 165 cm³/mol. The lowest BCUT2D eigenvalue weighted by Gasteiger charge is -2.33. The summed E-state index contributed by atoms with van der Waals surface area (Å²) in [5.41, 5.74) is 3.31. The molecule has 1 unspecified atom stereocenters. The third-order valence-corrected chi connectivity index (χ3v) is 9.08. The van der Waals surface area contributed by atoms with Crippen molar-refractivity contribution in [2.45, 2.75) is 51.9 Å². The number of benzene rings is 2. The number of carbonyl (C=O) groups excluding carboxylic acids is 3. The van der Waals surface area contributed by atoms with Crippen molar-refractivity contribution in [1.29, 1.82) is 0 Å². The fourth-order valence-electron chi connectivity index (χ4n) is 4.73. The Morgan fingerprint density at radius 1 is 1.07 bits per heavy atom. The maximum Gasteiger partial charge on any atom is 0.341 e. The topological polar surface area (TPSA) is 84.5 Å². The molecule has 40 heavy (non-hydrogen) atoms. The van der Waals surface area contributed by atoms with Gasteiger partial charge in [-0.1, -0.05) is 57.2 Å². The molecule has 6 nitrogen and oxygen atoms in total. The van der Waals surface area contributed by atoms with Crippen molar-refractivity contribution in [3.8, 4) is 0 Å². The Labute approximate surface area is 244 Å². The highest BCUT2D eigenvalue weighted by molar-refractivity contribution is 8.00. The van der Waals surface area contributed by atoms with Gasteiger partial charge in [-0.25, -0.2) is 4.79 Å². The standard InChI is InChI=1S/C32H36N2O4S2/c1-5-38-31(37)29-25-16-15-22(32(2,3)4)18-26(25)40-30(29)34-28(36)20-39-24-13-9-12-23(19-24)33-27(35)17-14-21-10-7-6-8-11-21/h6-14,17,19,22H,5,15-16,18,20H2,1-4H3,(H,33,35)(H,34,36)/b17-14+. The smallest absolute Gasteiger partial charge is 0.341 e. The van der Waals surface area contributed by atoms with Crippen molar-refractivity contribution >= 4 is 57.6 Å². The largest absolute Gasteiger partial charge is 0.462 e. The first-order valence-corrected chi connectivity index (χ1v) is 15.3. The highest BCUT2D eigenvalue weighted by atomic mass is 32.2. The minimum absolute atomic E-state index is 0.167. The summed E-state index contributed by atoms with van der Waals surface area (Å²) in [7, 11) is 0. The number of rotatable bonds is 9. The molecular weight excluding hydrogens is 540 g/mol. The molecule has 0 bridgehead atoms. The SMILES string of the molecule is CCOC(=O)c1c(NC(=O)CSc2cccc(NC(=O)/C=C/c3ccccc3)c2)sc2c1CCC(C(C)(C)C)C2. The Hall–Kier alpha value is -3.36. The lowest BCUT2D eigenvalue weighted by molar-refractivity contribution is -0.114. The number of thioether (sulfide) groups is 1. The lowest BCUT2D eigenvalue weighted by atomic mass is 9.72. The maximum atomic E-state index is 13.0. The monoisotopic (exact) mass is 576 g/mol. The van der Waals surface area contributed by atoms with E-state index in [9.17, 15) is 14.4 Å². The van der Waals surface area contributed by atoms with Crippen molar-refractivity contribution in [1.82, 2.24) is 0 Å². The van der Waals surface area contributed by atoms with E-state index in [1.165, 1.54) is 34.1 Å². The molecule has 1 aromatic heterocycles. The van der Waals surface area contributed by atoms with E-state index in [0.717, 1.165) is 35.3 Å². The van der Waals surface area contributed by atoms with E-state index in [1.807, 2.05) is 54.6 Å². The number of ether oxygens (including phenoxy) is 1. The normalized spacial score (nSPS) is 14.9. The lowest BCUT2D eigenvalue weighted by Crippen LogP contribution is -2.26. The summed E-state index contributed by atoms with van der Waals surface area (Å²) in [4.78, 5) is 40.2. The van der Waals surface area contributed by atoms with E-state index in [4.69, 9.17) is 4.74 Å². The number of hydrogen-bond donors (Lipinski definition) is 2. The summed E-state index contributed by atoms with van der Waals surface area (Å²) in [6.07, 6.45) is 5.98. The molecule has 2 amide bonds. The molecule has 0 radical (unpaired) electrons. The Morgan fingerprint density at radius 3 is 2.58 bits per heavy atom. The van der Waals surface area contributed by atoms with Gasteiger partial charge in [0.15, 0.2) is 0 Å². The predicted octanol–water partition coefficient (Wildman–Crippen LogP) is 7.46. The molecule has 2 aromatic carbocycles. The second-order valence-electron chi connectivity index (χ2n) is 10.8. The van der Waals surface area contributed by atoms with Crippen molar-refractivity contribution < 1.29 is 19.1 Å². The molecule has 0 spiro atoms. The second-order valence-corrected chi connectivity index (χ2v) is 13.0. The molecule has 3 aromatic rings. The number of esters is 1. The van der Waals surface area contributed by atoms with Gasteiger partial charge in [-0.15, -0.1) is 23.1 Å². The zero-order chi connectivity index (χ0) is 28.7. The zero-order valence-electron chi connectivity index (χ0n) is 23.4. The third-order valence-electron chi connectivity index (χ3n) is 6.92. The highest BCUT2D eigenvalue weighted by Gasteiger charge is 2.34. The molecule has 0 saturated heterocycles. The first-order chi connectivity index (χ1) is 19.1. The van der Waals surface area contributed by atoms with Crippen LogP contribution in [-0.2, 0) is 27.2 Å². The van der Waals surface area contributed by atoms with Crippen LogP contribution in [0.25, 0.3) is 6.08 Å². The van der Waals surface area contributed by atoms with Crippen LogP contribution in [0.5, 0.6) is 0 Å². The molecule has 0 fully saturated rings. The van der Waals surface area contributed by atoms with Gasteiger partial charge in [-0.3, -0.25) is 9.59 Å². The van der Waals surface area contributed by atoms with Crippen LogP contribution in [0, 0.1) is 11.3 Å². The summed E-state index contributed by atoms with van der Waals surface area (Å²) in [5, 5.41) is 6.43. The molecule has 0 saturated carbocycles. The van der Waals surface area contributed by atoms with Gasteiger partial charge in [0.1, 0.15) is 5.00 Å². The molecule has 1 aliphatic rings. The highest BCUT2D eigenvalue weighted by Crippen LogP contribution is 2.44. The van der Waals surface area contributed by atoms with Gasteiger partial charge < -0.3 is 15.4 Å². The molecular formula is C32H36N2O4S2. The van der Waals surface area contributed by atoms with Gasteiger partial charge in [0.25, 0.3) is 0 Å². The van der Waals surface area contributed by atoms with E-state index in [0.29, 0.717) is 22.2 Å². The first kappa shape index (κ1) is 29.6. The minimum Gasteiger partial charge on any atom is -0.462 e. The van der Waals surface area contributed by atoms with E-state index >= 15 is 0 Å². The Bertz CT molecular complexity index is 1390. The van der Waals surface area contributed by atoms with Crippen LogP contribution in [0.2, 0.25) is 0 Å². The average Bonchev–Trinajstić information content (AvgIpc) is 3.28. The molecule has 8 heteroatoms. The van der Waals surface area contributed by atoms with Crippen LogP contribution >= 0.6 is 23.1 Å². The maximum absolute atomic E-state index is 13.0. The van der Waals surface area contributed by atoms with Crippen molar-refractivity contribution in [3.63, 3.8) is 0 Å². The molecule has 4 rings (SSSR count). The van der Waals surface area contributed by atoms with Gasteiger partial charge >= 0.3 is 5.97 Å². The van der Waals surface area contributed by atoms with Crippen molar-refractivity contribution in [2.75, 3.05) is 23.0 Å². The van der Waals surface area contributed by atoms with Gasteiger partial charge in [0, 0.05) is 21.5 Å². The Kier molecular flexibility index (Phi) is 9.87. The Morgan fingerprint density at radius 2 is 1.85 bits per heavy atom. The number of amides is 2. The van der Waals surface area contributed by atoms with Crippen LogP contribution in [0.1, 0.15) is 60.5 Å². The fraction of sp³-hybridized carbons (Fsp3) is 0.344. The Balaban J connectivity index is 1.39. The van der Waals surface area contributed by atoms with Crippen molar-refractivity contribution in [3.05, 3.63) is 82.2 Å². The molecule has 1 heterocycles. The number of thiophene rings is 1. The summed E-state index contributed by atoms with van der Waals surface area (Å²) in [5.74, 6) is -0.107. The van der Waals surface area contributed by atoms with Crippen LogP contribution in [0.4, 0.5) is 10.7 Å². The van der Waals surface area contributed by atoms with Crippen molar-refractivity contribution in [2.24, 2.45) is 11.3 Å². The summed E-state index contributed by atoms with van der Waals surface area (Å²) >= 11 is 2.87. The summed E-state index contributed by atoms with van der Waals surface area (Å²) < 4.78 is 5.36. The van der Waals surface area contributed by atoms with Gasteiger partial charge in [0.2, 0.25) is 11.8 Å². The molecule has 0 aliphatic heterocycles. The molecule has 2 N–H and O–H groups in total. The summed E-state index contributed by atoms with van der Waals surface area (Å²) in [6.45, 7) is 8.84. The number of anilines is 2. The second kappa shape index (κ2) is 13.3. The van der Waals surface area contributed by atoms with Gasteiger partial charge in [-0.2, -0.15) is 0 Å². The zero-order valence-corrected chi connectivity index (χ0v) is 25.0. The van der Waals surface area contributed by atoms with Crippen LogP contribution < -0.4 is 10.6 Å². The minimum atomic E-state index is -0.373. The average molecular weight is 577 g/mol. The van der Waals surface area contributed by atoms with Gasteiger partial charge in [0.05, 0.1) is 17.9 Å². The fourth-order valence-corrected chi connectivity index (χ4v) is 6.81. The van der Waals surface area contributed by atoms with E-state index in [1.54, 1.807) is 13.0 Å². The van der Waals surface area contributed by atoms with Crippen LogP contribution in [0.3, 0.4) is 0 Å². The number of nitrogens with one attached hydrogen (secondary N) is 2. The quantitative estimate of drug-likeness (QED) is 0.157. The summed E-state index contributed by atoms with van der Waals surface area (Å²) in [6, 6.07) is 17.0. The van der Waals surface area contributed by atoms with Gasteiger partial charge in [-0.05, 0) is 72.9 Å². The first-order valence-electron chi connectivity index (χ1n) is 13.5. The molecule has 1 atom stereocenters. The molecule has 210 valence electrons. The van der Waals surface area contributed by atoms with Crippen LogP contribution in [0.15, 0.2) is 65.6 Å². The van der Waals surface area contributed by atoms with E-state index in [-0.39, 0.29) is 35.6 Å². The van der Waals surface area contributed by atoms with E-state index < -0.39 is 0 Å².